The van der Waals surface area contributed by atoms with Crippen molar-refractivity contribution < 1.29 is 14.3 Å². The molecule has 3 nitrogen and oxygen atoms in total. The van der Waals surface area contributed by atoms with E-state index < -0.39 is 0 Å². The summed E-state index contributed by atoms with van der Waals surface area (Å²) in [4.78, 5) is 13.7. The molecular formula is C14H18FNO2. The number of hydrogen-bond acceptors (Lipinski definition) is 2. The Hall–Kier alpha value is -1.42. The number of carbonyl (C=O) groups is 1. The molecule has 1 aliphatic rings. The van der Waals surface area contributed by atoms with Crippen LogP contribution in [0.4, 0.5) is 4.39 Å². The summed E-state index contributed by atoms with van der Waals surface area (Å²) in [6, 6.07) is 6.81. The van der Waals surface area contributed by atoms with Crippen molar-refractivity contribution in [3.8, 4) is 0 Å². The Morgan fingerprint density at radius 2 is 2.11 bits per heavy atom. The Bertz CT molecular complexity index is 418. The summed E-state index contributed by atoms with van der Waals surface area (Å²) in [7, 11) is 0. The lowest BCUT2D eigenvalue weighted by Gasteiger charge is -2.22. The summed E-state index contributed by atoms with van der Waals surface area (Å²) in [6.07, 6.45) is 2.80. The number of hydrogen-bond donors (Lipinski definition) is 1. The molecule has 4 heteroatoms. The van der Waals surface area contributed by atoms with Gasteiger partial charge in [-0.25, -0.2) is 4.39 Å². The maximum atomic E-state index is 13.6. The van der Waals surface area contributed by atoms with Gasteiger partial charge in [0.15, 0.2) is 0 Å². The van der Waals surface area contributed by atoms with Gasteiger partial charge in [-0.3, -0.25) is 4.79 Å². The molecule has 1 fully saturated rings. The highest BCUT2D eigenvalue weighted by atomic mass is 19.1. The van der Waals surface area contributed by atoms with Crippen LogP contribution in [-0.2, 0) is 11.3 Å². The van der Waals surface area contributed by atoms with Crippen LogP contribution in [0, 0.1) is 5.82 Å². The molecule has 1 aliphatic carbocycles. The lowest BCUT2D eigenvalue weighted by molar-refractivity contribution is -0.132. The first-order chi connectivity index (χ1) is 8.72. The van der Waals surface area contributed by atoms with Crippen molar-refractivity contribution in [2.45, 2.75) is 38.3 Å². The van der Waals surface area contributed by atoms with Gasteiger partial charge in [0, 0.05) is 31.2 Å². The monoisotopic (exact) mass is 251 g/mol. The van der Waals surface area contributed by atoms with Crippen molar-refractivity contribution in [2.75, 3.05) is 6.61 Å². The van der Waals surface area contributed by atoms with Crippen LogP contribution in [0.2, 0.25) is 0 Å². The fourth-order valence-electron chi connectivity index (χ4n) is 1.99. The zero-order valence-electron chi connectivity index (χ0n) is 10.3. The average molecular weight is 251 g/mol. The zero-order valence-corrected chi connectivity index (χ0v) is 10.3. The molecule has 0 radical (unpaired) electrons. The van der Waals surface area contributed by atoms with Crippen LogP contribution in [0.15, 0.2) is 24.3 Å². The number of rotatable bonds is 6. The molecule has 2 rings (SSSR count). The van der Waals surface area contributed by atoms with Gasteiger partial charge in [0.25, 0.3) is 0 Å². The van der Waals surface area contributed by atoms with Gasteiger partial charge in [-0.15, -0.1) is 0 Å². The molecule has 0 unspecified atom stereocenters. The molecular weight excluding hydrogens is 233 g/mol. The molecule has 18 heavy (non-hydrogen) atoms. The Labute approximate surface area is 106 Å². The zero-order chi connectivity index (χ0) is 13.0. The van der Waals surface area contributed by atoms with Crippen molar-refractivity contribution in [3.63, 3.8) is 0 Å². The average Bonchev–Trinajstić information content (AvgIpc) is 3.19. The number of halogens is 1. The Morgan fingerprint density at radius 3 is 2.72 bits per heavy atom. The third kappa shape index (κ3) is 3.29. The lowest BCUT2D eigenvalue weighted by atomic mass is 10.2. The number of aliphatic hydroxyl groups is 1. The minimum Gasteiger partial charge on any atom is -0.396 e. The second kappa shape index (κ2) is 5.96. The van der Waals surface area contributed by atoms with E-state index in [0.29, 0.717) is 24.9 Å². The molecule has 1 saturated carbocycles. The van der Waals surface area contributed by atoms with Gasteiger partial charge in [-0.1, -0.05) is 18.2 Å². The van der Waals surface area contributed by atoms with E-state index in [0.717, 1.165) is 12.8 Å². The molecule has 98 valence electrons. The number of amides is 1. The first kappa shape index (κ1) is 13.0. The molecule has 1 aromatic carbocycles. The van der Waals surface area contributed by atoms with Crippen molar-refractivity contribution >= 4 is 5.91 Å². The molecule has 0 spiro atoms. The highest BCUT2D eigenvalue weighted by Gasteiger charge is 2.32. The fraction of sp³-hybridized carbons (Fsp3) is 0.500. The summed E-state index contributed by atoms with van der Waals surface area (Å²) in [5.41, 5.74) is 0.557. The van der Waals surface area contributed by atoms with E-state index in [1.165, 1.54) is 6.07 Å². The molecule has 0 saturated heterocycles. The number of carbonyl (C=O) groups excluding carboxylic acids is 1. The molecule has 0 heterocycles. The van der Waals surface area contributed by atoms with Gasteiger partial charge >= 0.3 is 0 Å². The smallest absolute Gasteiger partial charge is 0.223 e. The van der Waals surface area contributed by atoms with E-state index in [1.54, 1.807) is 23.1 Å². The van der Waals surface area contributed by atoms with E-state index in [9.17, 15) is 9.18 Å². The summed E-state index contributed by atoms with van der Waals surface area (Å²) >= 11 is 0. The van der Waals surface area contributed by atoms with Gasteiger partial charge in [0.05, 0.1) is 0 Å². The highest BCUT2D eigenvalue weighted by molar-refractivity contribution is 5.76. The van der Waals surface area contributed by atoms with Crippen molar-refractivity contribution in [1.29, 1.82) is 0 Å². The third-order valence-corrected chi connectivity index (χ3v) is 3.16. The minimum atomic E-state index is -0.266. The Kier molecular flexibility index (Phi) is 4.31. The topological polar surface area (TPSA) is 40.5 Å². The molecule has 0 bridgehead atoms. The van der Waals surface area contributed by atoms with E-state index in [1.807, 2.05) is 0 Å². The van der Waals surface area contributed by atoms with Crippen LogP contribution in [0.5, 0.6) is 0 Å². The van der Waals surface area contributed by atoms with E-state index >= 15 is 0 Å². The molecule has 0 aliphatic heterocycles. The summed E-state index contributed by atoms with van der Waals surface area (Å²) in [6.45, 7) is 0.353. The van der Waals surface area contributed by atoms with Crippen molar-refractivity contribution in [1.82, 2.24) is 4.90 Å². The normalized spacial score (nSPS) is 14.6. The van der Waals surface area contributed by atoms with Crippen molar-refractivity contribution in [2.24, 2.45) is 0 Å². The lowest BCUT2D eigenvalue weighted by Crippen LogP contribution is -2.32. The second-order valence-electron chi connectivity index (χ2n) is 4.67. The standard InChI is InChI=1S/C14H18FNO2/c15-13-5-2-1-4-11(13)10-16(12-7-8-12)14(18)6-3-9-17/h1-2,4-5,12,17H,3,6-10H2. The molecule has 1 aromatic rings. The Balaban J connectivity index is 2.02. The predicted molar refractivity (Wildman–Crippen MR) is 66.3 cm³/mol. The largest absolute Gasteiger partial charge is 0.396 e. The molecule has 1 N–H and O–H groups in total. The van der Waals surface area contributed by atoms with Crippen molar-refractivity contribution in [3.05, 3.63) is 35.6 Å². The van der Waals surface area contributed by atoms with E-state index in [-0.39, 0.29) is 24.4 Å². The van der Waals surface area contributed by atoms with Gasteiger partial charge in [-0.05, 0) is 25.3 Å². The minimum absolute atomic E-state index is 0.00908. The Morgan fingerprint density at radius 1 is 1.39 bits per heavy atom. The summed E-state index contributed by atoms with van der Waals surface area (Å²) in [5, 5.41) is 8.75. The van der Waals surface area contributed by atoms with Crippen LogP contribution in [0.1, 0.15) is 31.2 Å². The van der Waals surface area contributed by atoms with Crippen LogP contribution >= 0.6 is 0 Å². The van der Waals surface area contributed by atoms with Gasteiger partial charge in [-0.2, -0.15) is 0 Å². The SMILES string of the molecule is O=C(CCCO)N(Cc1ccccc1F)C1CC1. The van der Waals surface area contributed by atoms with E-state index in [4.69, 9.17) is 5.11 Å². The summed E-state index contributed by atoms with van der Waals surface area (Å²) < 4.78 is 13.6. The fourth-order valence-corrected chi connectivity index (χ4v) is 1.99. The first-order valence-electron chi connectivity index (χ1n) is 6.36. The predicted octanol–water partition coefficient (Wildman–Crippen LogP) is 2.09. The second-order valence-corrected chi connectivity index (χ2v) is 4.67. The van der Waals surface area contributed by atoms with Crippen LogP contribution < -0.4 is 0 Å². The molecule has 0 aromatic heterocycles. The van der Waals surface area contributed by atoms with Gasteiger partial charge in [0.1, 0.15) is 5.82 Å². The quantitative estimate of drug-likeness (QED) is 0.841. The maximum Gasteiger partial charge on any atom is 0.223 e. The van der Waals surface area contributed by atoms with Gasteiger partial charge in [0.2, 0.25) is 5.91 Å². The number of benzene rings is 1. The van der Waals surface area contributed by atoms with Gasteiger partial charge < -0.3 is 10.0 Å². The van der Waals surface area contributed by atoms with E-state index in [2.05, 4.69) is 0 Å². The van der Waals surface area contributed by atoms with Crippen LogP contribution in [0.25, 0.3) is 0 Å². The van der Waals surface area contributed by atoms with Crippen LogP contribution in [-0.4, -0.2) is 28.6 Å². The highest BCUT2D eigenvalue weighted by Crippen LogP contribution is 2.29. The third-order valence-electron chi connectivity index (χ3n) is 3.16. The molecule has 1 amide bonds. The number of aliphatic hydroxyl groups excluding tert-OH is 1. The summed E-state index contributed by atoms with van der Waals surface area (Å²) in [5.74, 6) is -0.257. The first-order valence-corrected chi connectivity index (χ1v) is 6.36. The van der Waals surface area contributed by atoms with Crippen LogP contribution in [0.3, 0.4) is 0 Å². The number of nitrogens with zero attached hydrogens (tertiary/aromatic N) is 1. The molecule has 0 atom stereocenters. The maximum absolute atomic E-state index is 13.6.